The Morgan fingerprint density at radius 3 is 2.25 bits per heavy atom. The smallest absolute Gasteiger partial charge is 0.0329 e. The minimum Gasteiger partial charge on any atom is -0.313 e. The van der Waals surface area contributed by atoms with Gasteiger partial charge in [0.15, 0.2) is 0 Å². The highest BCUT2D eigenvalue weighted by molar-refractivity contribution is 9.10. The van der Waals surface area contributed by atoms with Gasteiger partial charge in [-0.15, -0.1) is 0 Å². The summed E-state index contributed by atoms with van der Waals surface area (Å²) in [4.78, 5) is 2.66. The Morgan fingerprint density at radius 2 is 1.65 bits per heavy atom. The number of hydrogen-bond acceptors (Lipinski definition) is 2. The molecule has 1 aliphatic rings. The number of rotatable bonds is 5. The van der Waals surface area contributed by atoms with Crippen molar-refractivity contribution >= 4 is 15.9 Å². The monoisotopic (exact) mass is 338 g/mol. The summed E-state index contributed by atoms with van der Waals surface area (Å²) in [6.07, 6.45) is 8.21. The molecule has 1 saturated heterocycles. The van der Waals surface area contributed by atoms with Gasteiger partial charge in [-0.05, 0) is 63.6 Å². The summed E-state index contributed by atoms with van der Waals surface area (Å²) < 4.78 is 1.15. The van der Waals surface area contributed by atoms with Gasteiger partial charge in [-0.25, -0.2) is 0 Å². The van der Waals surface area contributed by atoms with E-state index in [2.05, 4.69) is 57.5 Å². The van der Waals surface area contributed by atoms with Crippen molar-refractivity contribution in [3.63, 3.8) is 0 Å². The summed E-state index contributed by atoms with van der Waals surface area (Å²) in [5, 5.41) is 3.46. The second-order valence-electron chi connectivity index (χ2n) is 5.79. The Bertz CT molecular complexity index is 369. The molecule has 0 aliphatic carbocycles. The summed E-state index contributed by atoms with van der Waals surface area (Å²) >= 11 is 3.51. The van der Waals surface area contributed by atoms with Gasteiger partial charge in [-0.3, -0.25) is 0 Å². The predicted octanol–water partition coefficient (Wildman–Crippen LogP) is 4.37. The van der Waals surface area contributed by atoms with Crippen LogP contribution in [0.2, 0.25) is 0 Å². The maximum Gasteiger partial charge on any atom is 0.0329 e. The highest BCUT2D eigenvalue weighted by atomic mass is 79.9. The second-order valence-corrected chi connectivity index (χ2v) is 6.71. The van der Waals surface area contributed by atoms with Gasteiger partial charge in [0, 0.05) is 10.5 Å². The number of hydrogen-bond donors (Lipinski definition) is 1. The summed E-state index contributed by atoms with van der Waals surface area (Å²) in [5.74, 6) is 0. The van der Waals surface area contributed by atoms with Crippen molar-refractivity contribution in [3.05, 3.63) is 34.3 Å². The van der Waals surface area contributed by atoms with Crippen molar-refractivity contribution in [1.29, 1.82) is 0 Å². The normalized spacial score (nSPS) is 19.3. The van der Waals surface area contributed by atoms with E-state index in [0.29, 0.717) is 6.04 Å². The van der Waals surface area contributed by atoms with Crippen LogP contribution in [0.4, 0.5) is 0 Å². The number of nitrogens with zero attached hydrogens (tertiary/aromatic N) is 1. The highest BCUT2D eigenvalue weighted by Gasteiger charge is 2.13. The molecule has 0 radical (unpaired) electrons. The SMILES string of the molecule is CNC(CCN1CCCCCCC1)c1ccc(Br)cc1. The summed E-state index contributed by atoms with van der Waals surface area (Å²) in [6, 6.07) is 9.18. The van der Waals surface area contributed by atoms with E-state index in [1.165, 1.54) is 63.7 Å². The summed E-state index contributed by atoms with van der Waals surface area (Å²) in [7, 11) is 2.07. The molecule has 0 aromatic heterocycles. The van der Waals surface area contributed by atoms with E-state index in [0.717, 1.165) is 4.47 Å². The minimum atomic E-state index is 0.466. The molecule has 1 fully saturated rings. The van der Waals surface area contributed by atoms with Crippen molar-refractivity contribution in [3.8, 4) is 0 Å². The molecule has 1 atom stereocenters. The zero-order valence-electron chi connectivity index (χ0n) is 12.6. The van der Waals surface area contributed by atoms with Crippen LogP contribution in [-0.2, 0) is 0 Å². The largest absolute Gasteiger partial charge is 0.313 e. The van der Waals surface area contributed by atoms with Gasteiger partial charge in [-0.1, -0.05) is 47.3 Å². The molecule has 1 aliphatic heterocycles. The standard InChI is InChI=1S/C17H27BrN2/c1-19-17(15-7-9-16(18)10-8-15)11-14-20-12-5-3-2-4-6-13-20/h7-10,17,19H,2-6,11-14H2,1H3. The van der Waals surface area contributed by atoms with E-state index >= 15 is 0 Å². The molecule has 20 heavy (non-hydrogen) atoms. The van der Waals surface area contributed by atoms with Crippen molar-refractivity contribution in [1.82, 2.24) is 10.2 Å². The van der Waals surface area contributed by atoms with Crippen LogP contribution in [0.5, 0.6) is 0 Å². The fraction of sp³-hybridized carbons (Fsp3) is 0.647. The molecule has 3 heteroatoms. The minimum absolute atomic E-state index is 0.466. The lowest BCUT2D eigenvalue weighted by Crippen LogP contribution is -2.31. The van der Waals surface area contributed by atoms with Gasteiger partial charge in [0.1, 0.15) is 0 Å². The van der Waals surface area contributed by atoms with Gasteiger partial charge in [0.05, 0.1) is 0 Å². The first-order chi connectivity index (χ1) is 9.79. The van der Waals surface area contributed by atoms with Crippen LogP contribution in [0.1, 0.15) is 50.1 Å². The first-order valence-electron chi connectivity index (χ1n) is 7.94. The van der Waals surface area contributed by atoms with Crippen LogP contribution < -0.4 is 5.32 Å². The number of benzene rings is 1. The molecule has 2 nitrogen and oxygen atoms in total. The van der Waals surface area contributed by atoms with Crippen molar-refractivity contribution < 1.29 is 0 Å². The lowest BCUT2D eigenvalue weighted by atomic mass is 10.0. The van der Waals surface area contributed by atoms with Crippen LogP contribution in [-0.4, -0.2) is 31.6 Å². The lowest BCUT2D eigenvalue weighted by Gasteiger charge is -2.26. The third kappa shape index (κ3) is 5.19. The summed E-state index contributed by atoms with van der Waals surface area (Å²) in [6.45, 7) is 3.79. The van der Waals surface area contributed by atoms with Crippen LogP contribution in [0.3, 0.4) is 0 Å². The zero-order chi connectivity index (χ0) is 14.2. The first kappa shape index (κ1) is 16.0. The predicted molar refractivity (Wildman–Crippen MR) is 90.1 cm³/mol. The van der Waals surface area contributed by atoms with E-state index in [-0.39, 0.29) is 0 Å². The molecular formula is C17H27BrN2. The van der Waals surface area contributed by atoms with Gasteiger partial charge < -0.3 is 10.2 Å². The van der Waals surface area contributed by atoms with Crippen molar-refractivity contribution in [2.75, 3.05) is 26.7 Å². The Balaban J connectivity index is 1.84. The Labute approximate surface area is 132 Å². The van der Waals surface area contributed by atoms with Gasteiger partial charge >= 0.3 is 0 Å². The highest BCUT2D eigenvalue weighted by Crippen LogP contribution is 2.20. The molecule has 1 heterocycles. The van der Waals surface area contributed by atoms with Crippen LogP contribution >= 0.6 is 15.9 Å². The van der Waals surface area contributed by atoms with Gasteiger partial charge in [-0.2, -0.15) is 0 Å². The molecule has 1 aromatic carbocycles. The molecule has 1 aromatic rings. The van der Waals surface area contributed by atoms with Crippen molar-refractivity contribution in [2.24, 2.45) is 0 Å². The van der Waals surface area contributed by atoms with E-state index in [1.54, 1.807) is 0 Å². The van der Waals surface area contributed by atoms with E-state index in [1.807, 2.05) is 0 Å². The fourth-order valence-electron chi connectivity index (χ4n) is 3.02. The Hall–Kier alpha value is -0.380. The molecule has 0 saturated carbocycles. The molecular weight excluding hydrogens is 312 g/mol. The van der Waals surface area contributed by atoms with Gasteiger partial charge in [0.2, 0.25) is 0 Å². The zero-order valence-corrected chi connectivity index (χ0v) is 14.2. The molecule has 1 unspecified atom stereocenters. The Morgan fingerprint density at radius 1 is 1.05 bits per heavy atom. The number of halogens is 1. The average Bonchev–Trinajstić information content (AvgIpc) is 2.43. The fourth-order valence-corrected chi connectivity index (χ4v) is 3.29. The van der Waals surface area contributed by atoms with Gasteiger partial charge in [0.25, 0.3) is 0 Å². The lowest BCUT2D eigenvalue weighted by molar-refractivity contribution is 0.235. The topological polar surface area (TPSA) is 15.3 Å². The van der Waals surface area contributed by atoms with Crippen LogP contribution in [0, 0.1) is 0 Å². The van der Waals surface area contributed by atoms with Crippen molar-refractivity contribution in [2.45, 2.75) is 44.6 Å². The number of likely N-dealkylation sites (tertiary alicyclic amines) is 1. The third-order valence-corrected chi connectivity index (χ3v) is 4.83. The molecule has 112 valence electrons. The Kier molecular flexibility index (Phi) is 7.05. The third-order valence-electron chi connectivity index (χ3n) is 4.30. The molecule has 0 bridgehead atoms. The van der Waals surface area contributed by atoms with Crippen LogP contribution in [0.15, 0.2) is 28.7 Å². The first-order valence-corrected chi connectivity index (χ1v) is 8.74. The molecule has 0 spiro atoms. The second kappa shape index (κ2) is 8.81. The average molecular weight is 339 g/mol. The van der Waals surface area contributed by atoms with E-state index in [4.69, 9.17) is 0 Å². The summed E-state index contributed by atoms with van der Waals surface area (Å²) in [5.41, 5.74) is 1.39. The molecule has 1 N–H and O–H groups in total. The van der Waals surface area contributed by atoms with Crippen LogP contribution in [0.25, 0.3) is 0 Å². The number of nitrogens with one attached hydrogen (secondary N) is 1. The molecule has 2 rings (SSSR count). The maximum absolute atomic E-state index is 3.51. The quantitative estimate of drug-likeness (QED) is 0.857. The maximum atomic E-state index is 3.51. The molecule has 0 amide bonds. The van der Waals surface area contributed by atoms with E-state index < -0.39 is 0 Å². The van der Waals surface area contributed by atoms with E-state index in [9.17, 15) is 0 Å².